The summed E-state index contributed by atoms with van der Waals surface area (Å²) in [6.45, 7) is 3.67. The summed E-state index contributed by atoms with van der Waals surface area (Å²) >= 11 is 0. The van der Waals surface area contributed by atoms with E-state index in [0.29, 0.717) is 22.5 Å². The van der Waals surface area contributed by atoms with Crippen molar-refractivity contribution in [2.45, 2.75) is 26.2 Å². The van der Waals surface area contributed by atoms with E-state index >= 15 is 0 Å². The number of aliphatic carboxylic acids is 1. The Kier molecular flexibility index (Phi) is 5.86. The van der Waals surface area contributed by atoms with Gasteiger partial charge in [0.05, 0.1) is 12.6 Å². The lowest BCUT2D eigenvalue weighted by Crippen LogP contribution is -2.39. The molecule has 4 heterocycles. The molecule has 0 spiro atoms. The SMILES string of the molecule is CC1(CC(=O)O)CCN(c2ccc(Nc3nc(-c4ccncc4)nc4cn[nH]c(=O)c34)cc2)CC1. The molecular weight excluding hydrogens is 446 g/mol. The number of aromatic nitrogens is 5. The van der Waals surface area contributed by atoms with Gasteiger partial charge in [-0.15, -0.1) is 0 Å². The van der Waals surface area contributed by atoms with Crippen molar-refractivity contribution in [1.29, 1.82) is 0 Å². The molecule has 1 fully saturated rings. The van der Waals surface area contributed by atoms with Gasteiger partial charge in [0.15, 0.2) is 5.82 Å². The van der Waals surface area contributed by atoms with Crippen molar-refractivity contribution < 1.29 is 9.90 Å². The zero-order valence-corrected chi connectivity index (χ0v) is 19.2. The fourth-order valence-corrected chi connectivity index (χ4v) is 4.46. The predicted octanol–water partition coefficient (Wildman–Crippen LogP) is 3.60. The van der Waals surface area contributed by atoms with Crippen molar-refractivity contribution in [2.75, 3.05) is 23.3 Å². The highest BCUT2D eigenvalue weighted by Crippen LogP contribution is 2.36. The van der Waals surface area contributed by atoms with Crippen molar-refractivity contribution in [3.63, 3.8) is 0 Å². The first-order chi connectivity index (χ1) is 16.9. The number of nitrogens with one attached hydrogen (secondary N) is 2. The number of anilines is 3. The van der Waals surface area contributed by atoms with E-state index in [4.69, 9.17) is 0 Å². The standard InChI is InChI=1S/C25H25N7O3/c1-25(14-20(33)34)8-12-32(13-9-25)18-4-2-17(3-5-18)28-23-21-19(15-27-31-24(21)35)29-22(30-23)16-6-10-26-11-7-16/h2-7,10-11,15H,8-9,12-14H2,1H3,(H,31,35)(H,33,34)(H,28,29,30). The first kappa shape index (κ1) is 22.5. The lowest BCUT2D eigenvalue weighted by atomic mass is 9.77. The number of hydrogen-bond acceptors (Lipinski definition) is 8. The molecule has 4 aromatic rings. The summed E-state index contributed by atoms with van der Waals surface area (Å²) in [6.07, 6.45) is 6.70. The van der Waals surface area contributed by atoms with Gasteiger partial charge in [0.1, 0.15) is 16.7 Å². The second-order valence-corrected chi connectivity index (χ2v) is 9.13. The molecule has 3 N–H and O–H groups in total. The Morgan fingerprint density at radius 1 is 1.11 bits per heavy atom. The monoisotopic (exact) mass is 471 g/mol. The highest BCUT2D eigenvalue weighted by atomic mass is 16.4. The van der Waals surface area contributed by atoms with Crippen LogP contribution in [0.15, 0.2) is 59.8 Å². The first-order valence-electron chi connectivity index (χ1n) is 11.4. The van der Waals surface area contributed by atoms with Crippen molar-refractivity contribution >= 4 is 34.1 Å². The molecule has 1 aliphatic heterocycles. The molecule has 35 heavy (non-hydrogen) atoms. The Labute approximate surface area is 201 Å². The van der Waals surface area contributed by atoms with Crippen molar-refractivity contribution in [3.05, 3.63) is 65.3 Å². The first-order valence-corrected chi connectivity index (χ1v) is 11.4. The summed E-state index contributed by atoms with van der Waals surface area (Å²) in [4.78, 5) is 39.1. The van der Waals surface area contributed by atoms with Gasteiger partial charge in [0.25, 0.3) is 5.56 Å². The van der Waals surface area contributed by atoms with E-state index < -0.39 is 5.97 Å². The number of piperidine rings is 1. The van der Waals surface area contributed by atoms with Crippen LogP contribution in [0.25, 0.3) is 22.3 Å². The van der Waals surface area contributed by atoms with E-state index in [1.54, 1.807) is 24.5 Å². The number of benzene rings is 1. The average molecular weight is 472 g/mol. The molecule has 0 atom stereocenters. The summed E-state index contributed by atoms with van der Waals surface area (Å²) in [5.74, 6) is 0.111. The summed E-state index contributed by atoms with van der Waals surface area (Å²) in [6, 6.07) is 11.5. The maximum Gasteiger partial charge on any atom is 0.303 e. The molecule has 0 unspecified atom stereocenters. The third-order valence-corrected chi connectivity index (χ3v) is 6.50. The maximum absolute atomic E-state index is 12.5. The van der Waals surface area contributed by atoms with Crippen LogP contribution in [-0.4, -0.2) is 49.3 Å². The number of aromatic amines is 1. The van der Waals surface area contributed by atoms with E-state index in [0.717, 1.165) is 42.9 Å². The number of H-pyrrole nitrogens is 1. The van der Waals surface area contributed by atoms with Crippen molar-refractivity contribution in [2.24, 2.45) is 5.41 Å². The Hall–Kier alpha value is -4.34. The third kappa shape index (κ3) is 4.81. The second-order valence-electron chi connectivity index (χ2n) is 9.13. The minimum atomic E-state index is -0.740. The maximum atomic E-state index is 12.5. The second kappa shape index (κ2) is 9.13. The minimum Gasteiger partial charge on any atom is -0.481 e. The van der Waals surface area contributed by atoms with Crippen LogP contribution in [0.4, 0.5) is 17.2 Å². The molecule has 1 aliphatic rings. The van der Waals surface area contributed by atoms with Crippen LogP contribution in [0.1, 0.15) is 26.2 Å². The summed E-state index contributed by atoms with van der Waals surface area (Å²) in [5.41, 5.74) is 2.53. The Morgan fingerprint density at radius 2 is 1.83 bits per heavy atom. The van der Waals surface area contributed by atoms with Crippen LogP contribution < -0.4 is 15.8 Å². The van der Waals surface area contributed by atoms with Crippen LogP contribution in [0, 0.1) is 5.41 Å². The molecule has 10 heteroatoms. The number of carbonyl (C=O) groups is 1. The van der Waals surface area contributed by atoms with Gasteiger partial charge in [0, 0.05) is 42.4 Å². The quantitative estimate of drug-likeness (QED) is 0.385. The van der Waals surface area contributed by atoms with Gasteiger partial charge in [-0.25, -0.2) is 15.1 Å². The molecule has 178 valence electrons. The normalized spacial score (nSPS) is 15.2. The number of fused-ring (bicyclic) bond motifs is 1. The molecular formula is C25H25N7O3. The fourth-order valence-electron chi connectivity index (χ4n) is 4.46. The van der Waals surface area contributed by atoms with Gasteiger partial charge in [-0.2, -0.15) is 5.10 Å². The van der Waals surface area contributed by atoms with E-state index in [1.807, 2.05) is 24.3 Å². The molecule has 0 radical (unpaired) electrons. The van der Waals surface area contributed by atoms with Crippen LogP contribution in [0.2, 0.25) is 0 Å². The molecule has 3 aromatic heterocycles. The van der Waals surface area contributed by atoms with Gasteiger partial charge >= 0.3 is 5.97 Å². The van der Waals surface area contributed by atoms with Crippen LogP contribution >= 0.6 is 0 Å². The lowest BCUT2D eigenvalue weighted by molar-refractivity contribution is -0.139. The zero-order valence-electron chi connectivity index (χ0n) is 19.2. The average Bonchev–Trinajstić information content (AvgIpc) is 2.85. The van der Waals surface area contributed by atoms with Gasteiger partial charge in [-0.3, -0.25) is 14.6 Å². The molecule has 0 bridgehead atoms. The molecule has 0 aliphatic carbocycles. The van der Waals surface area contributed by atoms with E-state index in [-0.39, 0.29) is 17.4 Å². The highest BCUT2D eigenvalue weighted by molar-refractivity contribution is 5.91. The Balaban J connectivity index is 1.39. The summed E-state index contributed by atoms with van der Waals surface area (Å²) < 4.78 is 0. The molecule has 0 amide bonds. The molecule has 0 saturated carbocycles. The van der Waals surface area contributed by atoms with Crippen molar-refractivity contribution in [3.8, 4) is 11.4 Å². The summed E-state index contributed by atoms with van der Waals surface area (Å²) in [5, 5.41) is 19.1. The topological polar surface area (TPSA) is 137 Å². The van der Waals surface area contributed by atoms with Crippen LogP contribution in [0.3, 0.4) is 0 Å². The molecule has 5 rings (SSSR count). The van der Waals surface area contributed by atoms with Gasteiger partial charge < -0.3 is 15.3 Å². The van der Waals surface area contributed by atoms with E-state index in [9.17, 15) is 14.7 Å². The lowest BCUT2D eigenvalue weighted by Gasteiger charge is -2.39. The van der Waals surface area contributed by atoms with Crippen LogP contribution in [-0.2, 0) is 4.79 Å². The molecule has 1 saturated heterocycles. The number of nitrogens with zero attached hydrogens (tertiary/aromatic N) is 5. The van der Waals surface area contributed by atoms with E-state index in [2.05, 4.69) is 42.3 Å². The molecule has 10 nitrogen and oxygen atoms in total. The number of pyridine rings is 1. The minimum absolute atomic E-state index is 0.160. The zero-order chi connectivity index (χ0) is 24.4. The fraction of sp³-hybridized carbons (Fsp3) is 0.280. The van der Waals surface area contributed by atoms with E-state index in [1.165, 1.54) is 6.20 Å². The van der Waals surface area contributed by atoms with Crippen molar-refractivity contribution in [1.82, 2.24) is 25.1 Å². The third-order valence-electron chi connectivity index (χ3n) is 6.50. The highest BCUT2D eigenvalue weighted by Gasteiger charge is 2.32. The number of hydrogen-bond donors (Lipinski definition) is 3. The van der Waals surface area contributed by atoms with Crippen LogP contribution in [0.5, 0.6) is 0 Å². The predicted molar refractivity (Wildman–Crippen MR) is 133 cm³/mol. The number of rotatable bonds is 6. The smallest absolute Gasteiger partial charge is 0.303 e. The van der Waals surface area contributed by atoms with Gasteiger partial charge in [0.2, 0.25) is 0 Å². The largest absolute Gasteiger partial charge is 0.481 e. The summed E-state index contributed by atoms with van der Waals surface area (Å²) in [7, 11) is 0. The molecule has 1 aromatic carbocycles. The number of carboxylic acid groups (broad SMARTS) is 1. The number of carboxylic acids is 1. The Morgan fingerprint density at radius 3 is 2.51 bits per heavy atom. The Bertz CT molecular complexity index is 1410. The van der Waals surface area contributed by atoms with Gasteiger partial charge in [-0.05, 0) is 54.7 Å². The van der Waals surface area contributed by atoms with Gasteiger partial charge in [-0.1, -0.05) is 6.92 Å².